The molecule has 164 valence electrons. The highest BCUT2D eigenvalue weighted by molar-refractivity contribution is 7.99. The van der Waals surface area contributed by atoms with E-state index in [-0.39, 0.29) is 38.7 Å². The second kappa shape index (κ2) is 11.1. The Labute approximate surface area is 186 Å². The van der Waals surface area contributed by atoms with Crippen molar-refractivity contribution in [2.75, 3.05) is 25.5 Å². The molecule has 30 heavy (non-hydrogen) atoms. The lowest BCUT2D eigenvalue weighted by Crippen LogP contribution is -2.26. The van der Waals surface area contributed by atoms with Crippen LogP contribution in [0.1, 0.15) is 6.92 Å². The number of carbonyl (C=O) groups excluding carboxylic acids is 1. The topological polar surface area (TPSA) is 81.7 Å². The van der Waals surface area contributed by atoms with Gasteiger partial charge >= 0.3 is 5.97 Å². The first-order chi connectivity index (χ1) is 14.1. The molecule has 0 radical (unpaired) electrons. The molecular weight excluding hydrogens is 483 g/mol. The molecule has 1 N–H and O–H groups in total. The van der Waals surface area contributed by atoms with Crippen LogP contribution in [0.15, 0.2) is 40.1 Å². The number of thioether (sulfide) groups is 1. The predicted molar refractivity (Wildman–Crippen MR) is 111 cm³/mol. The zero-order chi connectivity index (χ0) is 22.3. The fraction of sp³-hybridized carbons (Fsp3) is 0.278. The first-order valence-electron chi connectivity index (χ1n) is 8.49. The summed E-state index contributed by atoms with van der Waals surface area (Å²) >= 11 is 12.6. The van der Waals surface area contributed by atoms with Crippen molar-refractivity contribution in [2.45, 2.75) is 16.7 Å². The summed E-state index contributed by atoms with van der Waals surface area (Å²) in [6.45, 7) is 1.09. The van der Waals surface area contributed by atoms with E-state index in [4.69, 9.17) is 27.9 Å². The molecule has 6 nitrogen and oxygen atoms in total. The molecule has 2 aromatic rings. The molecule has 0 saturated heterocycles. The third-order valence-electron chi connectivity index (χ3n) is 3.48. The van der Waals surface area contributed by atoms with Crippen LogP contribution >= 0.6 is 35.0 Å². The Hall–Kier alpha value is -1.59. The zero-order valence-electron chi connectivity index (χ0n) is 15.6. The van der Waals surface area contributed by atoms with Crippen LogP contribution in [-0.4, -0.2) is 39.9 Å². The quantitative estimate of drug-likeness (QED) is 0.298. The fourth-order valence-corrected chi connectivity index (χ4v) is 4.53. The van der Waals surface area contributed by atoms with Gasteiger partial charge in [0.1, 0.15) is 0 Å². The summed E-state index contributed by atoms with van der Waals surface area (Å²) in [5.41, 5.74) is 0. The van der Waals surface area contributed by atoms with Crippen LogP contribution < -0.4 is 9.46 Å². The van der Waals surface area contributed by atoms with E-state index in [2.05, 4.69) is 9.46 Å². The van der Waals surface area contributed by atoms with Gasteiger partial charge in [-0.2, -0.15) is 0 Å². The summed E-state index contributed by atoms with van der Waals surface area (Å²) < 4.78 is 64.4. The van der Waals surface area contributed by atoms with Crippen LogP contribution in [0.2, 0.25) is 10.0 Å². The average Bonchev–Trinajstić information content (AvgIpc) is 2.67. The number of hydrogen-bond acceptors (Lipinski definition) is 6. The number of nitrogens with one attached hydrogen (secondary N) is 1. The van der Waals surface area contributed by atoms with Crippen molar-refractivity contribution in [3.8, 4) is 5.75 Å². The molecule has 2 aromatic carbocycles. The Morgan fingerprint density at radius 2 is 1.80 bits per heavy atom. The molecule has 0 saturated carbocycles. The van der Waals surface area contributed by atoms with Gasteiger partial charge in [0.2, 0.25) is 10.0 Å². The number of carbonyl (C=O) groups is 1. The Morgan fingerprint density at radius 3 is 2.40 bits per heavy atom. The lowest BCUT2D eigenvalue weighted by Gasteiger charge is -2.10. The van der Waals surface area contributed by atoms with E-state index in [1.165, 1.54) is 18.2 Å². The van der Waals surface area contributed by atoms with Gasteiger partial charge < -0.3 is 9.47 Å². The normalized spacial score (nSPS) is 11.4. The zero-order valence-corrected chi connectivity index (χ0v) is 18.7. The highest BCUT2D eigenvalue weighted by Gasteiger charge is 2.17. The number of esters is 1. The molecule has 0 aliphatic heterocycles. The maximum absolute atomic E-state index is 14.1. The lowest BCUT2D eigenvalue weighted by atomic mass is 10.3. The van der Waals surface area contributed by atoms with Crippen molar-refractivity contribution >= 4 is 51.0 Å². The molecule has 0 fully saturated rings. The first kappa shape index (κ1) is 24.7. The minimum absolute atomic E-state index is 0.00239. The number of hydrogen-bond donors (Lipinski definition) is 1. The van der Waals surface area contributed by atoms with Gasteiger partial charge in [0.05, 0.1) is 21.5 Å². The van der Waals surface area contributed by atoms with E-state index in [9.17, 15) is 22.0 Å². The maximum atomic E-state index is 14.1. The molecule has 0 aliphatic carbocycles. The Bertz CT molecular complexity index is 999. The van der Waals surface area contributed by atoms with Crippen molar-refractivity contribution in [1.29, 1.82) is 0 Å². The summed E-state index contributed by atoms with van der Waals surface area (Å²) in [7, 11) is -3.82. The van der Waals surface area contributed by atoms with Crippen molar-refractivity contribution in [3.05, 3.63) is 52.0 Å². The second-order valence-electron chi connectivity index (χ2n) is 5.63. The van der Waals surface area contributed by atoms with E-state index in [1.54, 1.807) is 6.92 Å². The van der Waals surface area contributed by atoms with E-state index < -0.39 is 40.0 Å². The van der Waals surface area contributed by atoms with Crippen molar-refractivity contribution in [3.63, 3.8) is 0 Å². The Balaban J connectivity index is 1.91. The Morgan fingerprint density at radius 1 is 1.13 bits per heavy atom. The number of ether oxygens (including phenoxy) is 2. The molecule has 0 unspecified atom stereocenters. The molecule has 0 bridgehead atoms. The summed E-state index contributed by atoms with van der Waals surface area (Å²) in [5, 5.41) is 0.329. The van der Waals surface area contributed by atoms with Gasteiger partial charge in [0.15, 0.2) is 24.0 Å². The van der Waals surface area contributed by atoms with E-state index in [0.29, 0.717) is 0 Å². The average molecular weight is 500 g/mol. The molecule has 0 amide bonds. The minimum Gasteiger partial charge on any atom is -0.476 e. The fourth-order valence-electron chi connectivity index (χ4n) is 2.16. The van der Waals surface area contributed by atoms with Crippen LogP contribution in [0.4, 0.5) is 8.78 Å². The largest absolute Gasteiger partial charge is 0.476 e. The van der Waals surface area contributed by atoms with Gasteiger partial charge in [-0.3, -0.25) is 0 Å². The molecule has 0 heterocycles. The van der Waals surface area contributed by atoms with Crippen LogP contribution in [0.25, 0.3) is 0 Å². The summed E-state index contributed by atoms with van der Waals surface area (Å²) in [6.07, 6.45) is 0. The van der Waals surface area contributed by atoms with Gasteiger partial charge in [-0.15, -0.1) is 11.8 Å². The van der Waals surface area contributed by atoms with Gasteiger partial charge in [-0.05, 0) is 37.3 Å². The number of halogens is 4. The number of sulfonamides is 1. The van der Waals surface area contributed by atoms with E-state index >= 15 is 0 Å². The van der Waals surface area contributed by atoms with E-state index in [0.717, 1.165) is 23.9 Å². The second-order valence-corrected chi connectivity index (χ2v) is 9.38. The maximum Gasteiger partial charge on any atom is 0.344 e. The lowest BCUT2D eigenvalue weighted by molar-refractivity contribution is -0.145. The first-order valence-corrected chi connectivity index (χ1v) is 11.7. The molecule has 12 heteroatoms. The van der Waals surface area contributed by atoms with Crippen LogP contribution in [-0.2, 0) is 19.6 Å². The monoisotopic (exact) mass is 499 g/mol. The molecule has 0 aromatic heterocycles. The SMILES string of the molecule is CCOC(=O)COc1c(F)cc(SCCNS(=O)(=O)c2ccc(Cl)c(Cl)c2)cc1F. The summed E-state index contributed by atoms with van der Waals surface area (Å²) in [6, 6.07) is 5.95. The van der Waals surface area contributed by atoms with Crippen LogP contribution in [0, 0.1) is 11.6 Å². The molecule has 0 atom stereocenters. The highest BCUT2D eigenvalue weighted by atomic mass is 35.5. The summed E-state index contributed by atoms with van der Waals surface area (Å²) in [4.78, 5) is 11.4. The number of rotatable bonds is 10. The van der Waals surface area contributed by atoms with Crippen LogP contribution in [0.3, 0.4) is 0 Å². The van der Waals surface area contributed by atoms with Gasteiger partial charge in [-0.1, -0.05) is 23.2 Å². The standard InChI is InChI=1S/C18H17Cl2F2NO5S2/c1-2-27-17(24)10-28-18-15(21)7-11(8-16(18)22)29-6-5-23-30(25,26)12-3-4-13(19)14(20)9-12/h3-4,7-9,23H,2,5-6,10H2,1H3. The van der Waals surface area contributed by atoms with Gasteiger partial charge in [0, 0.05) is 17.2 Å². The van der Waals surface area contributed by atoms with Crippen molar-refractivity contribution in [2.24, 2.45) is 0 Å². The highest BCUT2D eigenvalue weighted by Crippen LogP contribution is 2.29. The molecule has 0 spiro atoms. The van der Waals surface area contributed by atoms with Gasteiger partial charge in [0.25, 0.3) is 0 Å². The van der Waals surface area contributed by atoms with Crippen molar-refractivity contribution < 1.29 is 31.5 Å². The van der Waals surface area contributed by atoms with Gasteiger partial charge in [-0.25, -0.2) is 26.7 Å². The van der Waals surface area contributed by atoms with Crippen molar-refractivity contribution in [1.82, 2.24) is 4.72 Å². The third-order valence-corrected chi connectivity index (χ3v) is 6.65. The molecule has 0 aliphatic rings. The molecule has 2 rings (SSSR count). The smallest absolute Gasteiger partial charge is 0.344 e. The van der Waals surface area contributed by atoms with E-state index in [1.807, 2.05) is 0 Å². The van der Waals surface area contributed by atoms with Crippen LogP contribution in [0.5, 0.6) is 5.75 Å². The minimum atomic E-state index is -3.82. The predicted octanol–water partition coefficient (Wildman–Crippen LogP) is 4.28. The Kier molecular flexibility index (Phi) is 9.17. The summed E-state index contributed by atoms with van der Waals surface area (Å²) in [5.74, 6) is -3.21. The molecular formula is C18H17Cl2F2NO5S2. The third kappa shape index (κ3) is 6.98. The number of benzene rings is 2.